The third kappa shape index (κ3) is 2.56. The van der Waals surface area contributed by atoms with Gasteiger partial charge in [0.1, 0.15) is 22.7 Å². The number of hydrogen-bond donors (Lipinski definition) is 2. The summed E-state index contributed by atoms with van der Waals surface area (Å²) >= 11 is 0. The zero-order chi connectivity index (χ0) is 16.5. The predicted octanol–water partition coefficient (Wildman–Crippen LogP) is 4.04. The molecule has 0 unspecified atom stereocenters. The van der Waals surface area contributed by atoms with Gasteiger partial charge < -0.3 is 5.32 Å². The summed E-state index contributed by atoms with van der Waals surface area (Å²) in [5, 5.41) is 10.0. The Hall–Kier alpha value is -3.35. The Morgan fingerprint density at radius 3 is 2.75 bits per heavy atom. The Morgan fingerprint density at radius 1 is 0.958 bits per heavy atom. The van der Waals surface area contributed by atoms with Gasteiger partial charge in [0.2, 0.25) is 0 Å². The number of aromatic nitrogens is 4. The van der Waals surface area contributed by atoms with Gasteiger partial charge in [0, 0.05) is 23.6 Å². The number of nitrogens with one attached hydrogen (secondary N) is 2. The lowest BCUT2D eigenvalue weighted by molar-refractivity contribution is 0.602. The molecule has 0 atom stereocenters. The highest BCUT2D eigenvalue weighted by Gasteiger charge is 2.10. The number of benzene rings is 1. The predicted molar refractivity (Wildman–Crippen MR) is 86.8 cm³/mol. The molecule has 118 valence electrons. The molecule has 3 heterocycles. The molecule has 0 spiro atoms. The summed E-state index contributed by atoms with van der Waals surface area (Å²) in [6.07, 6.45) is 4.82. The Balaban J connectivity index is 1.73. The van der Waals surface area contributed by atoms with Crippen LogP contribution >= 0.6 is 0 Å². The van der Waals surface area contributed by atoms with E-state index in [1.54, 1.807) is 30.6 Å². The first-order chi connectivity index (χ1) is 11.7. The number of pyridine rings is 2. The summed E-state index contributed by atoms with van der Waals surface area (Å²) in [5.74, 6) is -1.04. The lowest BCUT2D eigenvalue weighted by Gasteiger charge is -2.09. The third-order valence-electron chi connectivity index (χ3n) is 3.59. The van der Waals surface area contributed by atoms with Crippen molar-refractivity contribution in [2.75, 3.05) is 5.32 Å². The number of nitrogens with zero attached hydrogens (tertiary/aromatic N) is 3. The zero-order valence-electron chi connectivity index (χ0n) is 12.3. The largest absolute Gasteiger partial charge is 0.354 e. The first kappa shape index (κ1) is 14.3. The van der Waals surface area contributed by atoms with Crippen LogP contribution in [0, 0.1) is 11.6 Å². The van der Waals surface area contributed by atoms with E-state index in [0.29, 0.717) is 11.4 Å². The maximum absolute atomic E-state index is 13.9. The van der Waals surface area contributed by atoms with Gasteiger partial charge >= 0.3 is 0 Å². The van der Waals surface area contributed by atoms with E-state index in [0.717, 1.165) is 34.9 Å². The van der Waals surface area contributed by atoms with Crippen molar-refractivity contribution in [3.63, 3.8) is 0 Å². The zero-order valence-corrected chi connectivity index (χ0v) is 12.3. The van der Waals surface area contributed by atoms with E-state index in [4.69, 9.17) is 0 Å². The molecule has 0 saturated heterocycles. The average Bonchev–Trinajstić information content (AvgIpc) is 3.07. The normalized spacial score (nSPS) is 10.9. The van der Waals surface area contributed by atoms with Gasteiger partial charge in [-0.2, -0.15) is 5.10 Å². The number of rotatable bonds is 3. The van der Waals surface area contributed by atoms with E-state index in [9.17, 15) is 8.78 Å². The number of halogens is 2. The molecule has 24 heavy (non-hydrogen) atoms. The molecule has 0 bridgehead atoms. The summed E-state index contributed by atoms with van der Waals surface area (Å²) < 4.78 is 27.3. The van der Waals surface area contributed by atoms with Gasteiger partial charge in [0.15, 0.2) is 0 Å². The van der Waals surface area contributed by atoms with E-state index in [-0.39, 0.29) is 5.56 Å². The number of H-pyrrole nitrogens is 1. The first-order valence-corrected chi connectivity index (χ1v) is 7.17. The van der Waals surface area contributed by atoms with Crippen molar-refractivity contribution in [2.45, 2.75) is 0 Å². The van der Waals surface area contributed by atoms with Crippen molar-refractivity contribution in [3.05, 3.63) is 66.6 Å². The fourth-order valence-corrected chi connectivity index (χ4v) is 2.46. The van der Waals surface area contributed by atoms with Gasteiger partial charge in [-0.05, 0) is 36.4 Å². The molecule has 2 N–H and O–H groups in total. The molecule has 0 saturated carbocycles. The van der Waals surface area contributed by atoms with Crippen molar-refractivity contribution in [3.8, 4) is 11.3 Å². The highest BCUT2D eigenvalue weighted by Crippen LogP contribution is 2.27. The second-order valence-corrected chi connectivity index (χ2v) is 5.17. The van der Waals surface area contributed by atoms with Gasteiger partial charge in [-0.1, -0.05) is 0 Å². The molecule has 0 aliphatic carbocycles. The van der Waals surface area contributed by atoms with Crippen LogP contribution in [0.5, 0.6) is 0 Å². The maximum atomic E-state index is 13.9. The lowest BCUT2D eigenvalue weighted by atomic mass is 10.1. The highest BCUT2D eigenvalue weighted by atomic mass is 19.1. The molecule has 7 heteroatoms. The van der Waals surface area contributed by atoms with Crippen LogP contribution in [0.15, 0.2) is 55.0 Å². The first-order valence-electron chi connectivity index (χ1n) is 7.17. The van der Waals surface area contributed by atoms with Crippen LogP contribution in [-0.4, -0.2) is 20.2 Å². The molecule has 0 amide bonds. The summed E-state index contributed by atoms with van der Waals surface area (Å²) in [6.45, 7) is 0. The fraction of sp³-hybridized carbons (Fsp3) is 0. The van der Waals surface area contributed by atoms with Crippen molar-refractivity contribution in [1.29, 1.82) is 0 Å². The second kappa shape index (κ2) is 5.69. The molecule has 4 rings (SSSR count). The number of fused-ring (bicyclic) bond motifs is 1. The van der Waals surface area contributed by atoms with E-state index >= 15 is 0 Å². The Bertz CT molecular complexity index is 1030. The van der Waals surface area contributed by atoms with E-state index in [1.807, 2.05) is 0 Å². The van der Waals surface area contributed by atoms with Crippen LogP contribution in [0.3, 0.4) is 0 Å². The standard InChI is InChI=1S/C17H11F2N5/c18-10-1-2-13(19)12(7-10)15-8-11(3-5-20-15)23-14-4-6-21-16-9-22-24-17(14)16/h1-9H,(H,22,24)(H,20,21,23). The van der Waals surface area contributed by atoms with Crippen molar-refractivity contribution >= 4 is 22.4 Å². The lowest BCUT2D eigenvalue weighted by Crippen LogP contribution is -1.95. The van der Waals surface area contributed by atoms with Crippen molar-refractivity contribution < 1.29 is 8.78 Å². The minimum atomic E-state index is -0.527. The van der Waals surface area contributed by atoms with Gasteiger partial charge in [0.05, 0.1) is 17.6 Å². The van der Waals surface area contributed by atoms with Gasteiger partial charge in [0.25, 0.3) is 0 Å². The summed E-state index contributed by atoms with van der Waals surface area (Å²) in [4.78, 5) is 8.32. The minimum absolute atomic E-state index is 0.111. The van der Waals surface area contributed by atoms with Crippen LogP contribution in [0.1, 0.15) is 0 Å². The Labute approximate surface area is 135 Å². The van der Waals surface area contributed by atoms with Crippen LogP contribution < -0.4 is 5.32 Å². The molecule has 0 aliphatic rings. The van der Waals surface area contributed by atoms with Gasteiger partial charge in [-0.15, -0.1) is 0 Å². The molecule has 4 aromatic rings. The number of anilines is 2. The average molecular weight is 323 g/mol. The third-order valence-corrected chi connectivity index (χ3v) is 3.59. The SMILES string of the molecule is Fc1ccc(F)c(-c2cc(Nc3ccnc4cn[nH]c34)ccn2)c1. The molecular formula is C17H11F2N5. The molecule has 5 nitrogen and oxygen atoms in total. The van der Waals surface area contributed by atoms with Crippen LogP contribution in [0.2, 0.25) is 0 Å². The Morgan fingerprint density at radius 2 is 1.83 bits per heavy atom. The second-order valence-electron chi connectivity index (χ2n) is 5.17. The number of aromatic amines is 1. The molecule has 0 aliphatic heterocycles. The Kier molecular flexibility index (Phi) is 3.38. The highest BCUT2D eigenvalue weighted by molar-refractivity contribution is 5.89. The fourth-order valence-electron chi connectivity index (χ4n) is 2.46. The van der Waals surface area contributed by atoms with E-state index in [1.165, 1.54) is 6.20 Å². The monoisotopic (exact) mass is 323 g/mol. The molecule has 3 aromatic heterocycles. The molecule has 0 radical (unpaired) electrons. The van der Waals surface area contributed by atoms with Crippen molar-refractivity contribution in [2.24, 2.45) is 0 Å². The quantitative estimate of drug-likeness (QED) is 0.597. The van der Waals surface area contributed by atoms with Crippen LogP contribution in [-0.2, 0) is 0 Å². The van der Waals surface area contributed by atoms with Crippen LogP contribution in [0.4, 0.5) is 20.2 Å². The van der Waals surface area contributed by atoms with Crippen LogP contribution in [0.25, 0.3) is 22.3 Å². The maximum Gasteiger partial charge on any atom is 0.132 e. The van der Waals surface area contributed by atoms with Gasteiger partial charge in [-0.25, -0.2) is 8.78 Å². The summed E-state index contributed by atoms with van der Waals surface area (Å²) in [6, 6.07) is 8.48. The molecule has 1 aromatic carbocycles. The topological polar surface area (TPSA) is 66.5 Å². The molecular weight excluding hydrogens is 312 g/mol. The molecule has 0 fully saturated rings. The minimum Gasteiger partial charge on any atom is -0.354 e. The van der Waals surface area contributed by atoms with Crippen molar-refractivity contribution in [1.82, 2.24) is 20.2 Å². The van der Waals surface area contributed by atoms with E-state index in [2.05, 4.69) is 25.5 Å². The van der Waals surface area contributed by atoms with Gasteiger partial charge in [-0.3, -0.25) is 15.1 Å². The number of hydrogen-bond acceptors (Lipinski definition) is 4. The van der Waals surface area contributed by atoms with E-state index < -0.39 is 11.6 Å². The summed E-state index contributed by atoms with van der Waals surface area (Å²) in [7, 11) is 0. The smallest absolute Gasteiger partial charge is 0.132 e. The summed E-state index contributed by atoms with van der Waals surface area (Å²) in [5.41, 5.74) is 3.39.